The summed E-state index contributed by atoms with van der Waals surface area (Å²) in [5.41, 5.74) is 6.24. The molecule has 0 bridgehead atoms. The van der Waals surface area contributed by atoms with Crippen LogP contribution in [-0.2, 0) is 29.0 Å². The number of aliphatic carboxylic acids is 1. The Morgan fingerprint density at radius 1 is 0.828 bits per heavy atom. The van der Waals surface area contributed by atoms with Crippen LogP contribution in [0.4, 0.5) is 13.2 Å². The average molecular weight is 815 g/mol. The smallest absolute Gasteiger partial charge is 0.475 e. The maximum absolute atomic E-state index is 13.8. The van der Waals surface area contributed by atoms with Crippen LogP contribution in [0.15, 0.2) is 96.5 Å². The van der Waals surface area contributed by atoms with Gasteiger partial charge in [0.15, 0.2) is 0 Å². The Morgan fingerprint density at radius 3 is 2.22 bits per heavy atom. The lowest BCUT2D eigenvalue weighted by Crippen LogP contribution is -2.38. The number of rotatable bonds is 14. The van der Waals surface area contributed by atoms with Gasteiger partial charge in [-0.25, -0.2) is 4.79 Å². The predicted molar refractivity (Wildman–Crippen MR) is 224 cm³/mol. The number of carbonyl (C=O) groups excluding carboxylic acids is 2. The minimum absolute atomic E-state index is 0.140. The van der Waals surface area contributed by atoms with Crippen LogP contribution in [0.3, 0.4) is 0 Å². The van der Waals surface area contributed by atoms with E-state index >= 15 is 0 Å². The zero-order valence-corrected chi connectivity index (χ0v) is 33.6. The number of thiophene rings is 1. The number of aromatic nitrogens is 1. The molecule has 0 saturated carbocycles. The molecular weight excluding hydrogens is 762 g/mol. The molecular formula is C46H53F3N4O4S. The van der Waals surface area contributed by atoms with Gasteiger partial charge in [-0.05, 0) is 121 Å². The molecule has 0 unspecified atom stereocenters. The molecule has 2 aliphatic heterocycles. The second kappa shape index (κ2) is 20.7. The van der Waals surface area contributed by atoms with Gasteiger partial charge in [-0.3, -0.25) is 9.59 Å². The maximum atomic E-state index is 13.8. The third kappa shape index (κ3) is 12.3. The van der Waals surface area contributed by atoms with Crippen LogP contribution in [0.5, 0.6) is 0 Å². The van der Waals surface area contributed by atoms with E-state index in [4.69, 9.17) is 9.90 Å². The van der Waals surface area contributed by atoms with Crippen molar-refractivity contribution in [3.8, 4) is 11.1 Å². The predicted octanol–water partition coefficient (Wildman–Crippen LogP) is 9.76. The molecule has 2 saturated heterocycles. The SMILES string of the molecule is O=C(CCc1c[nH]c2ccccc12)N(CCc1cccs1)Cc1cccc(-c2cccc(C(=O)N3CCC(CCCC4CCNCC4)CC3)c2)c1.O=C(O)C(F)(F)F. The van der Waals surface area contributed by atoms with Gasteiger partial charge in [-0.15, -0.1) is 11.3 Å². The maximum Gasteiger partial charge on any atom is 0.490 e. The summed E-state index contributed by atoms with van der Waals surface area (Å²) in [7, 11) is 0. The summed E-state index contributed by atoms with van der Waals surface area (Å²) in [6.45, 7) is 5.30. The number of carboxylic acids is 1. The molecule has 4 heterocycles. The summed E-state index contributed by atoms with van der Waals surface area (Å²) in [5, 5.41) is 13.9. The molecule has 0 radical (unpaired) electrons. The van der Waals surface area contributed by atoms with Gasteiger partial charge in [0, 0.05) is 60.1 Å². The van der Waals surface area contributed by atoms with Crippen molar-refractivity contribution >= 4 is 40.0 Å². The number of nitrogens with one attached hydrogen (secondary N) is 2. The van der Waals surface area contributed by atoms with Crippen LogP contribution in [-0.4, -0.2) is 76.6 Å². The van der Waals surface area contributed by atoms with Gasteiger partial charge in [0.1, 0.15) is 0 Å². The number of fused-ring (bicyclic) bond motifs is 1. The van der Waals surface area contributed by atoms with Crippen LogP contribution in [0.2, 0.25) is 0 Å². The lowest BCUT2D eigenvalue weighted by molar-refractivity contribution is -0.192. The summed E-state index contributed by atoms with van der Waals surface area (Å²) in [6, 6.07) is 29.1. The summed E-state index contributed by atoms with van der Waals surface area (Å²) in [5.74, 6) is -0.801. The zero-order chi connectivity index (χ0) is 40.9. The topological polar surface area (TPSA) is 106 Å². The summed E-state index contributed by atoms with van der Waals surface area (Å²) in [4.78, 5) is 45.0. The van der Waals surface area contributed by atoms with Crippen LogP contribution in [0.1, 0.15) is 77.7 Å². The van der Waals surface area contributed by atoms with Crippen LogP contribution in [0.25, 0.3) is 22.0 Å². The molecule has 0 atom stereocenters. The lowest BCUT2D eigenvalue weighted by atomic mass is 9.87. The van der Waals surface area contributed by atoms with E-state index in [1.54, 1.807) is 11.3 Å². The van der Waals surface area contributed by atoms with Gasteiger partial charge in [-0.1, -0.05) is 73.9 Å². The number of carboxylic acid groups (broad SMARTS) is 1. The number of likely N-dealkylation sites (tertiary alicyclic amines) is 1. The van der Waals surface area contributed by atoms with E-state index < -0.39 is 12.1 Å². The number of hydrogen-bond acceptors (Lipinski definition) is 5. The van der Waals surface area contributed by atoms with E-state index in [9.17, 15) is 22.8 Å². The van der Waals surface area contributed by atoms with Crippen molar-refractivity contribution in [1.29, 1.82) is 0 Å². The van der Waals surface area contributed by atoms with Crippen molar-refractivity contribution in [2.45, 2.75) is 76.9 Å². The molecule has 2 aliphatic rings. The van der Waals surface area contributed by atoms with Crippen molar-refractivity contribution in [3.63, 3.8) is 0 Å². The van der Waals surface area contributed by atoms with Gasteiger partial charge in [0.05, 0.1) is 0 Å². The number of para-hydroxylation sites is 1. The number of nitrogens with zero attached hydrogens (tertiary/aromatic N) is 2. The van der Waals surface area contributed by atoms with E-state index in [1.807, 2.05) is 41.4 Å². The molecule has 2 aromatic heterocycles. The Labute approximate surface area is 342 Å². The number of H-pyrrole nitrogens is 1. The number of piperidine rings is 2. The first-order valence-corrected chi connectivity index (χ1v) is 21.3. The highest BCUT2D eigenvalue weighted by Gasteiger charge is 2.38. The monoisotopic (exact) mass is 814 g/mol. The van der Waals surface area contributed by atoms with Crippen molar-refractivity contribution in [2.75, 3.05) is 32.7 Å². The fourth-order valence-electron chi connectivity index (χ4n) is 8.10. The van der Waals surface area contributed by atoms with Crippen LogP contribution < -0.4 is 5.32 Å². The number of hydrogen-bond donors (Lipinski definition) is 3. The molecule has 0 aliphatic carbocycles. The standard InChI is InChI=1S/C44H52N4O2S.C2HF3O2/c49-43(17-16-39-31-46-42-15-2-1-14-41(39)42)48(27-22-40-13-6-28-51-40)32-35-9-4-10-36(29-35)37-11-5-12-38(30-37)44(50)47-25-20-34(21-26-47)8-3-7-33-18-23-45-24-19-33;3-2(4,5)1(6)7/h1-2,4-6,9-15,28-31,33-34,45-46H,3,7-8,16-27,32H2;(H,6,7). The highest BCUT2D eigenvalue weighted by Crippen LogP contribution is 2.29. The van der Waals surface area contributed by atoms with Crippen molar-refractivity contribution < 1.29 is 32.7 Å². The molecule has 12 heteroatoms. The van der Waals surface area contributed by atoms with Crippen molar-refractivity contribution in [1.82, 2.24) is 20.1 Å². The number of carbonyl (C=O) groups is 3. The number of halogens is 3. The van der Waals surface area contributed by atoms with E-state index in [0.29, 0.717) is 25.9 Å². The summed E-state index contributed by atoms with van der Waals surface area (Å²) < 4.78 is 31.7. The third-order valence-corrected chi connectivity index (χ3v) is 12.4. The molecule has 5 aromatic rings. The third-order valence-electron chi connectivity index (χ3n) is 11.4. The highest BCUT2D eigenvalue weighted by atomic mass is 32.1. The van der Waals surface area contributed by atoms with E-state index in [0.717, 1.165) is 72.0 Å². The second-order valence-corrected chi connectivity index (χ2v) is 16.5. The molecule has 2 fully saturated rings. The molecule has 308 valence electrons. The van der Waals surface area contributed by atoms with E-state index in [2.05, 4.69) is 75.2 Å². The van der Waals surface area contributed by atoms with Gasteiger partial charge in [0.2, 0.25) is 5.91 Å². The van der Waals surface area contributed by atoms with Crippen LogP contribution >= 0.6 is 11.3 Å². The number of alkyl halides is 3. The quantitative estimate of drug-likeness (QED) is 0.104. The number of amides is 2. The molecule has 0 spiro atoms. The Hall–Kier alpha value is -4.94. The Morgan fingerprint density at radius 2 is 1.52 bits per heavy atom. The molecule has 2 amide bonds. The van der Waals surface area contributed by atoms with Crippen LogP contribution in [0, 0.1) is 11.8 Å². The van der Waals surface area contributed by atoms with E-state index in [-0.39, 0.29) is 11.8 Å². The molecule has 3 N–H and O–H groups in total. The van der Waals surface area contributed by atoms with E-state index in [1.165, 1.54) is 61.0 Å². The van der Waals surface area contributed by atoms with Gasteiger partial charge >= 0.3 is 12.1 Å². The van der Waals surface area contributed by atoms with Gasteiger partial charge in [-0.2, -0.15) is 13.2 Å². The Kier molecular flexibility index (Phi) is 15.2. The van der Waals surface area contributed by atoms with Gasteiger partial charge < -0.3 is 25.2 Å². The highest BCUT2D eigenvalue weighted by molar-refractivity contribution is 7.09. The average Bonchev–Trinajstić information content (AvgIpc) is 3.92. The first-order chi connectivity index (χ1) is 28.0. The number of benzene rings is 3. The first-order valence-electron chi connectivity index (χ1n) is 20.4. The molecule has 8 nitrogen and oxygen atoms in total. The second-order valence-electron chi connectivity index (χ2n) is 15.4. The minimum atomic E-state index is -5.08. The van der Waals surface area contributed by atoms with Crippen molar-refractivity contribution in [3.05, 3.63) is 118 Å². The largest absolute Gasteiger partial charge is 0.490 e. The fourth-order valence-corrected chi connectivity index (χ4v) is 8.80. The Bertz CT molecular complexity index is 2090. The molecule has 58 heavy (non-hydrogen) atoms. The van der Waals surface area contributed by atoms with Gasteiger partial charge in [0.25, 0.3) is 5.91 Å². The first kappa shape index (κ1) is 42.7. The van der Waals surface area contributed by atoms with Crippen molar-refractivity contribution in [2.24, 2.45) is 11.8 Å². The molecule has 7 rings (SSSR count). The number of aryl methyl sites for hydroxylation is 1. The number of aromatic amines is 1. The summed E-state index contributed by atoms with van der Waals surface area (Å²) in [6.07, 6.45) is 7.85. The fraction of sp³-hybridized carbons (Fsp3) is 0.413. The lowest BCUT2D eigenvalue weighted by Gasteiger charge is -2.32. The minimum Gasteiger partial charge on any atom is -0.475 e. The Balaban J connectivity index is 0.000000743. The normalized spacial score (nSPS) is 15.2. The zero-order valence-electron chi connectivity index (χ0n) is 32.8. The summed E-state index contributed by atoms with van der Waals surface area (Å²) >= 11 is 1.74. The molecule has 3 aromatic carbocycles.